The number of benzene rings is 1. The highest BCUT2D eigenvalue weighted by atomic mass is 32.1. The van der Waals surface area contributed by atoms with Gasteiger partial charge in [-0.05, 0) is 12.1 Å². The van der Waals surface area contributed by atoms with Crippen LogP contribution in [0.5, 0.6) is 0 Å². The van der Waals surface area contributed by atoms with Crippen molar-refractivity contribution in [1.29, 1.82) is 0 Å². The normalized spacial score (nSPS) is 9.67. The highest BCUT2D eigenvalue weighted by Crippen LogP contribution is 2.16. The van der Waals surface area contributed by atoms with Crippen LogP contribution in [0.4, 0.5) is 0 Å². The highest BCUT2D eigenvalue weighted by Gasteiger charge is 1.96. The Balaban J connectivity index is 2.48. The predicted octanol–water partition coefficient (Wildman–Crippen LogP) is 2.91. The summed E-state index contributed by atoms with van der Waals surface area (Å²) in [6.07, 6.45) is 4.48. The van der Waals surface area contributed by atoms with E-state index in [4.69, 9.17) is 0 Å². The van der Waals surface area contributed by atoms with Crippen molar-refractivity contribution in [3.8, 4) is 11.8 Å². The summed E-state index contributed by atoms with van der Waals surface area (Å²) in [5.41, 5.74) is 1.07. The summed E-state index contributed by atoms with van der Waals surface area (Å²) in [6, 6.07) is 8.09. The number of pyridine rings is 1. The maximum atomic E-state index is 4.13. The Kier molecular flexibility index (Phi) is 3.26. The van der Waals surface area contributed by atoms with Crippen molar-refractivity contribution in [2.75, 3.05) is 5.75 Å². The number of nitrogens with zero attached hydrogens (tertiary/aromatic N) is 1. The highest BCUT2D eigenvalue weighted by molar-refractivity contribution is 7.80. The molecule has 2 rings (SSSR count). The lowest BCUT2D eigenvalue weighted by Crippen LogP contribution is -1.80. The third-order valence-corrected chi connectivity index (χ3v) is 2.36. The van der Waals surface area contributed by atoms with Crippen molar-refractivity contribution in [2.45, 2.75) is 6.42 Å². The molecule has 0 fully saturated rings. The maximum Gasteiger partial charge on any atom is 0.0346 e. The van der Waals surface area contributed by atoms with E-state index >= 15 is 0 Å². The molecule has 2 aromatic rings. The van der Waals surface area contributed by atoms with Gasteiger partial charge in [0.25, 0.3) is 0 Å². The van der Waals surface area contributed by atoms with E-state index in [2.05, 4.69) is 29.5 Å². The van der Waals surface area contributed by atoms with Crippen molar-refractivity contribution < 1.29 is 0 Å². The summed E-state index contributed by atoms with van der Waals surface area (Å²) < 4.78 is 0. The van der Waals surface area contributed by atoms with Crippen LogP contribution in [0.25, 0.3) is 10.8 Å². The molecule has 0 aliphatic rings. The summed E-state index contributed by atoms with van der Waals surface area (Å²) in [7, 11) is 0. The second-order valence-electron chi connectivity index (χ2n) is 3.18. The molecule has 0 atom stereocenters. The Bertz CT molecular complexity index is 517. The third kappa shape index (κ3) is 2.31. The number of hydrogen-bond acceptors (Lipinski definition) is 2. The van der Waals surface area contributed by atoms with Crippen LogP contribution >= 0.6 is 12.6 Å². The maximum absolute atomic E-state index is 4.13. The van der Waals surface area contributed by atoms with Crippen LogP contribution in [0, 0.1) is 11.8 Å². The lowest BCUT2D eigenvalue weighted by atomic mass is 10.1. The number of fused-ring (bicyclic) bond motifs is 1. The quantitative estimate of drug-likeness (QED) is 0.567. The van der Waals surface area contributed by atoms with Crippen molar-refractivity contribution in [3.05, 3.63) is 42.2 Å². The first-order valence-electron chi connectivity index (χ1n) is 4.84. The summed E-state index contributed by atoms with van der Waals surface area (Å²) in [6.45, 7) is 0. The fraction of sp³-hybridized carbons (Fsp3) is 0.154. The Labute approximate surface area is 94.9 Å². The summed E-state index contributed by atoms with van der Waals surface area (Å²) >= 11 is 4.13. The minimum Gasteiger partial charge on any atom is -0.264 e. The predicted molar refractivity (Wildman–Crippen MR) is 67.1 cm³/mol. The molecule has 74 valence electrons. The monoisotopic (exact) mass is 213 g/mol. The van der Waals surface area contributed by atoms with Gasteiger partial charge in [0.2, 0.25) is 0 Å². The van der Waals surface area contributed by atoms with Crippen molar-refractivity contribution in [3.63, 3.8) is 0 Å². The third-order valence-electron chi connectivity index (χ3n) is 2.14. The lowest BCUT2D eigenvalue weighted by molar-refractivity contribution is 1.31. The molecule has 0 radical (unpaired) electrons. The minimum atomic E-state index is 0.805. The number of thiol groups is 1. The molecular weight excluding hydrogens is 202 g/mol. The lowest BCUT2D eigenvalue weighted by Gasteiger charge is -1.98. The zero-order valence-corrected chi connectivity index (χ0v) is 9.17. The van der Waals surface area contributed by atoms with Gasteiger partial charge in [0.1, 0.15) is 0 Å². The van der Waals surface area contributed by atoms with Gasteiger partial charge in [-0.15, -0.1) is 0 Å². The smallest absolute Gasteiger partial charge is 0.0346 e. The zero-order valence-electron chi connectivity index (χ0n) is 8.27. The molecule has 0 aliphatic heterocycles. The SMILES string of the molecule is SCCC#Cc1cccc2cnccc12. The van der Waals surface area contributed by atoms with E-state index in [-0.39, 0.29) is 0 Å². The fourth-order valence-electron chi connectivity index (χ4n) is 1.45. The molecule has 0 saturated heterocycles. The van der Waals surface area contributed by atoms with Gasteiger partial charge >= 0.3 is 0 Å². The van der Waals surface area contributed by atoms with E-state index in [0.29, 0.717) is 0 Å². The second-order valence-corrected chi connectivity index (χ2v) is 3.62. The summed E-state index contributed by atoms with van der Waals surface area (Å²) in [4.78, 5) is 4.09. The van der Waals surface area contributed by atoms with Crippen LogP contribution in [-0.2, 0) is 0 Å². The molecule has 0 bridgehead atoms. The van der Waals surface area contributed by atoms with Crippen LogP contribution in [0.1, 0.15) is 12.0 Å². The topological polar surface area (TPSA) is 12.9 Å². The van der Waals surface area contributed by atoms with Crippen molar-refractivity contribution >= 4 is 23.4 Å². The Morgan fingerprint density at radius 3 is 3.07 bits per heavy atom. The Morgan fingerprint density at radius 1 is 1.27 bits per heavy atom. The first-order valence-corrected chi connectivity index (χ1v) is 5.47. The van der Waals surface area contributed by atoms with Gasteiger partial charge in [-0.25, -0.2) is 0 Å². The van der Waals surface area contributed by atoms with Crippen LogP contribution in [0.2, 0.25) is 0 Å². The molecule has 0 N–H and O–H groups in total. The van der Waals surface area contributed by atoms with Crippen LogP contribution in [0.15, 0.2) is 36.7 Å². The molecule has 1 aromatic heterocycles. The van der Waals surface area contributed by atoms with Crippen LogP contribution in [0.3, 0.4) is 0 Å². The summed E-state index contributed by atoms with van der Waals surface area (Å²) in [5.74, 6) is 7.06. The molecule has 2 heteroatoms. The molecule has 1 nitrogen and oxygen atoms in total. The number of hydrogen-bond donors (Lipinski definition) is 1. The molecule has 1 aromatic carbocycles. The number of rotatable bonds is 1. The van der Waals surface area contributed by atoms with Gasteiger partial charge in [0, 0.05) is 40.9 Å². The molecule has 15 heavy (non-hydrogen) atoms. The Morgan fingerprint density at radius 2 is 2.20 bits per heavy atom. The van der Waals surface area contributed by atoms with Gasteiger partial charge in [-0.3, -0.25) is 4.98 Å². The Hall–Kier alpha value is -1.46. The molecule has 0 aliphatic carbocycles. The minimum absolute atomic E-state index is 0.805. The zero-order chi connectivity index (χ0) is 10.5. The second kappa shape index (κ2) is 4.86. The van der Waals surface area contributed by atoms with Crippen LogP contribution < -0.4 is 0 Å². The standard InChI is InChI=1S/C13H11NS/c15-9-2-1-4-11-5-3-6-12-10-14-8-7-13(11)12/h3,5-8,10,15H,2,9H2. The molecule has 0 saturated carbocycles. The van der Waals surface area contributed by atoms with E-state index in [1.807, 2.05) is 30.5 Å². The molecule has 1 heterocycles. The fourth-order valence-corrected chi connectivity index (χ4v) is 1.56. The number of aromatic nitrogens is 1. The van der Waals surface area contributed by atoms with E-state index in [0.717, 1.165) is 23.1 Å². The largest absolute Gasteiger partial charge is 0.264 e. The van der Waals surface area contributed by atoms with E-state index < -0.39 is 0 Å². The van der Waals surface area contributed by atoms with E-state index in [9.17, 15) is 0 Å². The van der Waals surface area contributed by atoms with Crippen LogP contribution in [-0.4, -0.2) is 10.7 Å². The van der Waals surface area contributed by atoms with E-state index in [1.165, 1.54) is 5.39 Å². The van der Waals surface area contributed by atoms with Gasteiger partial charge < -0.3 is 0 Å². The van der Waals surface area contributed by atoms with Crippen molar-refractivity contribution in [1.82, 2.24) is 4.98 Å². The van der Waals surface area contributed by atoms with Gasteiger partial charge in [-0.2, -0.15) is 12.6 Å². The molecule has 0 spiro atoms. The van der Waals surface area contributed by atoms with Crippen molar-refractivity contribution in [2.24, 2.45) is 0 Å². The molecule has 0 amide bonds. The molecular formula is C13H11NS. The average Bonchev–Trinajstić information content (AvgIpc) is 2.30. The molecule has 0 unspecified atom stereocenters. The van der Waals surface area contributed by atoms with Gasteiger partial charge in [-0.1, -0.05) is 24.0 Å². The summed E-state index contributed by atoms with van der Waals surface area (Å²) in [5, 5.41) is 2.30. The van der Waals surface area contributed by atoms with Gasteiger partial charge in [0.05, 0.1) is 0 Å². The first kappa shape index (κ1) is 10.1. The first-order chi connectivity index (χ1) is 7.42. The average molecular weight is 213 g/mol. The van der Waals surface area contributed by atoms with E-state index in [1.54, 1.807) is 6.20 Å². The van der Waals surface area contributed by atoms with Gasteiger partial charge in [0.15, 0.2) is 0 Å².